The van der Waals surface area contributed by atoms with Crippen LogP contribution in [0.4, 0.5) is 5.13 Å². The maximum absolute atomic E-state index is 12.4. The Labute approximate surface area is 148 Å². The van der Waals surface area contributed by atoms with Gasteiger partial charge in [0.15, 0.2) is 5.13 Å². The number of ether oxygens (including phenoxy) is 1. The molecular formula is C17H17N3O4S. The van der Waals surface area contributed by atoms with E-state index in [2.05, 4.69) is 15.0 Å². The number of nitrogens with zero attached hydrogens (tertiary/aromatic N) is 2. The molecule has 25 heavy (non-hydrogen) atoms. The molecule has 0 aliphatic carbocycles. The van der Waals surface area contributed by atoms with Crippen molar-refractivity contribution in [3.8, 4) is 0 Å². The van der Waals surface area contributed by atoms with Gasteiger partial charge in [-0.25, -0.2) is 9.78 Å². The van der Waals surface area contributed by atoms with E-state index in [4.69, 9.17) is 0 Å². The molecule has 1 saturated heterocycles. The molecule has 7 nitrogen and oxygen atoms in total. The number of thiazole rings is 1. The van der Waals surface area contributed by atoms with E-state index in [-0.39, 0.29) is 18.2 Å². The van der Waals surface area contributed by atoms with Crippen LogP contribution in [0.25, 0.3) is 0 Å². The lowest BCUT2D eigenvalue weighted by atomic mass is 10.1. The van der Waals surface area contributed by atoms with Crippen molar-refractivity contribution >= 4 is 34.3 Å². The Bertz CT molecular complexity index is 790. The number of methoxy groups -OCH3 is 1. The number of amides is 2. The standard InChI is InChI=1S/C17H17N3O4S/c1-24-16(23)13-8-18-17(25-13)19-15(22)12-7-14(21)20(10-12)9-11-5-3-2-4-6-11/h2-6,8,12H,7,9-10H2,1H3,(H,18,19,22). The van der Waals surface area contributed by atoms with Crippen molar-refractivity contribution in [3.05, 3.63) is 47.0 Å². The SMILES string of the molecule is COC(=O)c1cnc(NC(=O)C2CC(=O)N(Cc3ccccc3)C2)s1. The molecule has 2 aromatic rings. The van der Waals surface area contributed by atoms with E-state index in [0.717, 1.165) is 16.9 Å². The summed E-state index contributed by atoms with van der Waals surface area (Å²) in [6.07, 6.45) is 1.53. The number of rotatable bonds is 5. The minimum Gasteiger partial charge on any atom is -0.465 e. The van der Waals surface area contributed by atoms with Crippen molar-refractivity contribution in [1.29, 1.82) is 0 Å². The molecule has 1 aromatic heterocycles. The lowest BCUT2D eigenvalue weighted by Gasteiger charge is -2.16. The molecule has 1 aliphatic heterocycles. The van der Waals surface area contributed by atoms with Crippen molar-refractivity contribution in [2.45, 2.75) is 13.0 Å². The van der Waals surface area contributed by atoms with Gasteiger partial charge in [-0.2, -0.15) is 0 Å². The summed E-state index contributed by atoms with van der Waals surface area (Å²) in [4.78, 5) is 41.9. The van der Waals surface area contributed by atoms with E-state index in [1.807, 2.05) is 30.3 Å². The molecule has 1 aliphatic rings. The third kappa shape index (κ3) is 4.03. The summed E-state index contributed by atoms with van der Waals surface area (Å²) < 4.78 is 4.61. The van der Waals surface area contributed by atoms with E-state index >= 15 is 0 Å². The van der Waals surface area contributed by atoms with Crippen LogP contribution in [0.1, 0.15) is 21.7 Å². The average Bonchev–Trinajstić information content (AvgIpc) is 3.22. The first-order valence-electron chi connectivity index (χ1n) is 7.73. The molecule has 3 rings (SSSR count). The number of anilines is 1. The van der Waals surface area contributed by atoms with Crippen LogP contribution in [0, 0.1) is 5.92 Å². The molecule has 0 spiro atoms. The molecule has 8 heteroatoms. The van der Waals surface area contributed by atoms with Crippen molar-refractivity contribution < 1.29 is 19.1 Å². The molecular weight excluding hydrogens is 342 g/mol. The highest BCUT2D eigenvalue weighted by molar-refractivity contribution is 7.17. The van der Waals surface area contributed by atoms with Gasteiger partial charge in [0.05, 0.1) is 19.2 Å². The summed E-state index contributed by atoms with van der Waals surface area (Å²) >= 11 is 1.04. The minimum atomic E-state index is -0.497. The second-order valence-corrected chi connectivity index (χ2v) is 6.70. The van der Waals surface area contributed by atoms with E-state index < -0.39 is 11.9 Å². The lowest BCUT2D eigenvalue weighted by molar-refractivity contribution is -0.128. The Hall–Kier alpha value is -2.74. The molecule has 0 radical (unpaired) electrons. The van der Waals surface area contributed by atoms with Crippen LogP contribution in [0.3, 0.4) is 0 Å². The number of aromatic nitrogens is 1. The van der Waals surface area contributed by atoms with Crippen molar-refractivity contribution in [3.63, 3.8) is 0 Å². The average molecular weight is 359 g/mol. The molecule has 2 heterocycles. The van der Waals surface area contributed by atoms with E-state index in [1.54, 1.807) is 4.90 Å². The van der Waals surface area contributed by atoms with Gasteiger partial charge in [-0.3, -0.25) is 9.59 Å². The number of nitrogens with one attached hydrogen (secondary N) is 1. The predicted octanol–water partition coefficient (Wildman–Crippen LogP) is 1.92. The number of carbonyl (C=O) groups is 3. The fraction of sp³-hybridized carbons (Fsp3) is 0.294. The van der Waals surface area contributed by atoms with Gasteiger partial charge in [-0.15, -0.1) is 0 Å². The number of likely N-dealkylation sites (tertiary alicyclic amines) is 1. The Morgan fingerprint density at radius 1 is 1.36 bits per heavy atom. The molecule has 130 valence electrons. The summed E-state index contributed by atoms with van der Waals surface area (Å²) in [5, 5.41) is 2.99. The molecule has 1 aromatic carbocycles. The number of esters is 1. The Kier molecular flexibility index (Phi) is 5.08. The zero-order valence-electron chi connectivity index (χ0n) is 13.6. The molecule has 0 saturated carbocycles. The van der Waals surface area contributed by atoms with Crippen molar-refractivity contribution in [2.75, 3.05) is 19.0 Å². The van der Waals surface area contributed by atoms with Crippen LogP contribution < -0.4 is 5.32 Å². The van der Waals surface area contributed by atoms with Gasteiger partial charge in [0.2, 0.25) is 11.8 Å². The first-order valence-corrected chi connectivity index (χ1v) is 8.55. The van der Waals surface area contributed by atoms with Crippen LogP contribution in [-0.2, 0) is 20.9 Å². The Balaban J connectivity index is 1.59. The van der Waals surface area contributed by atoms with E-state index in [1.165, 1.54) is 13.3 Å². The third-order valence-corrected chi connectivity index (χ3v) is 4.82. The van der Waals surface area contributed by atoms with Gasteiger partial charge < -0.3 is 15.0 Å². The van der Waals surface area contributed by atoms with Gasteiger partial charge in [0.25, 0.3) is 0 Å². The normalized spacial score (nSPS) is 16.8. The molecule has 1 unspecified atom stereocenters. The van der Waals surface area contributed by atoms with Gasteiger partial charge in [-0.05, 0) is 5.56 Å². The summed E-state index contributed by atoms with van der Waals surface area (Å²) in [5.74, 6) is -1.24. The van der Waals surface area contributed by atoms with Crippen LogP contribution in [-0.4, -0.2) is 41.3 Å². The maximum Gasteiger partial charge on any atom is 0.349 e. The number of hydrogen-bond donors (Lipinski definition) is 1. The second kappa shape index (κ2) is 7.43. The zero-order chi connectivity index (χ0) is 17.8. The molecule has 1 atom stereocenters. The summed E-state index contributed by atoms with van der Waals surface area (Å²) in [6, 6.07) is 9.65. The topological polar surface area (TPSA) is 88.6 Å². The quantitative estimate of drug-likeness (QED) is 0.824. The lowest BCUT2D eigenvalue weighted by Crippen LogP contribution is -2.28. The van der Waals surface area contributed by atoms with Gasteiger partial charge in [0, 0.05) is 19.5 Å². The van der Waals surface area contributed by atoms with Crippen LogP contribution in [0.2, 0.25) is 0 Å². The molecule has 1 N–H and O–H groups in total. The summed E-state index contributed by atoms with van der Waals surface area (Å²) in [5.41, 5.74) is 1.03. The predicted molar refractivity (Wildman–Crippen MR) is 92.0 cm³/mol. The van der Waals surface area contributed by atoms with Gasteiger partial charge in [0.1, 0.15) is 4.88 Å². The summed E-state index contributed by atoms with van der Waals surface area (Å²) in [6.45, 7) is 0.863. The first-order chi connectivity index (χ1) is 12.1. The highest BCUT2D eigenvalue weighted by Crippen LogP contribution is 2.24. The van der Waals surface area contributed by atoms with Crippen LogP contribution in [0.5, 0.6) is 0 Å². The number of carbonyl (C=O) groups excluding carboxylic acids is 3. The number of benzene rings is 1. The first kappa shape index (κ1) is 17.1. The Morgan fingerprint density at radius 3 is 2.84 bits per heavy atom. The molecule has 1 fully saturated rings. The smallest absolute Gasteiger partial charge is 0.349 e. The highest BCUT2D eigenvalue weighted by Gasteiger charge is 2.34. The third-order valence-electron chi connectivity index (χ3n) is 3.92. The van der Waals surface area contributed by atoms with Gasteiger partial charge >= 0.3 is 5.97 Å². The zero-order valence-corrected chi connectivity index (χ0v) is 14.4. The van der Waals surface area contributed by atoms with Crippen molar-refractivity contribution in [1.82, 2.24) is 9.88 Å². The monoisotopic (exact) mass is 359 g/mol. The largest absolute Gasteiger partial charge is 0.465 e. The van der Waals surface area contributed by atoms with Crippen molar-refractivity contribution in [2.24, 2.45) is 5.92 Å². The van der Waals surface area contributed by atoms with Crippen LogP contribution in [0.15, 0.2) is 36.5 Å². The maximum atomic E-state index is 12.4. The number of hydrogen-bond acceptors (Lipinski definition) is 6. The summed E-state index contributed by atoms with van der Waals surface area (Å²) in [7, 11) is 1.28. The Morgan fingerprint density at radius 2 is 2.12 bits per heavy atom. The fourth-order valence-corrected chi connectivity index (χ4v) is 3.38. The van der Waals surface area contributed by atoms with E-state index in [9.17, 15) is 14.4 Å². The van der Waals surface area contributed by atoms with E-state index in [0.29, 0.717) is 23.1 Å². The second-order valence-electron chi connectivity index (χ2n) is 5.67. The minimum absolute atomic E-state index is 0.0432. The molecule has 2 amide bonds. The fourth-order valence-electron chi connectivity index (χ4n) is 2.64. The van der Waals surface area contributed by atoms with Gasteiger partial charge in [-0.1, -0.05) is 41.7 Å². The molecule has 0 bridgehead atoms. The van der Waals surface area contributed by atoms with Crippen LogP contribution >= 0.6 is 11.3 Å². The highest BCUT2D eigenvalue weighted by atomic mass is 32.1.